The zero-order valence-electron chi connectivity index (χ0n) is 13.6. The van der Waals surface area contributed by atoms with Crippen LogP contribution in [0.5, 0.6) is 0 Å². The molecule has 0 aliphatic carbocycles. The predicted molar refractivity (Wildman–Crippen MR) is 112 cm³/mol. The number of nitrogens with zero attached hydrogens (tertiary/aromatic N) is 3. The highest BCUT2D eigenvalue weighted by Gasteiger charge is 2.12. The predicted octanol–water partition coefficient (Wildman–Crippen LogP) is 6.40. The van der Waals surface area contributed by atoms with Crippen LogP contribution in [0.1, 0.15) is 0 Å². The maximum atomic E-state index is 4.71. The molecule has 5 heteroatoms. The van der Waals surface area contributed by atoms with Gasteiger partial charge < -0.3 is 0 Å². The Balaban J connectivity index is 1.89. The van der Waals surface area contributed by atoms with Crippen LogP contribution in [0.3, 0.4) is 0 Å². The van der Waals surface area contributed by atoms with Crippen LogP contribution in [0.15, 0.2) is 87.8 Å². The Hall–Kier alpha value is -2.37. The summed E-state index contributed by atoms with van der Waals surface area (Å²) < 4.78 is 2.04. The molecule has 126 valence electrons. The maximum Gasteiger partial charge on any atom is 0.164 e. The average molecular weight is 467 g/mol. The summed E-state index contributed by atoms with van der Waals surface area (Å²) in [5, 5.41) is 0. The molecule has 3 aromatic carbocycles. The summed E-state index contributed by atoms with van der Waals surface area (Å²) in [6, 6.07) is 25.9. The van der Waals surface area contributed by atoms with Gasteiger partial charge in [0, 0.05) is 25.6 Å². The van der Waals surface area contributed by atoms with E-state index in [1.165, 1.54) is 0 Å². The molecule has 0 radical (unpaired) electrons. The second-order valence-corrected chi connectivity index (χ2v) is 7.52. The third kappa shape index (κ3) is 3.74. The summed E-state index contributed by atoms with van der Waals surface area (Å²) in [7, 11) is 0. The third-order valence-electron chi connectivity index (χ3n) is 3.87. The lowest BCUT2D eigenvalue weighted by Gasteiger charge is -2.08. The van der Waals surface area contributed by atoms with Crippen molar-refractivity contribution >= 4 is 31.9 Å². The van der Waals surface area contributed by atoms with Gasteiger partial charge in [0.25, 0.3) is 0 Å². The number of aromatic nitrogens is 3. The normalized spacial score (nSPS) is 10.7. The summed E-state index contributed by atoms with van der Waals surface area (Å²) in [5.74, 6) is 1.98. The molecule has 4 aromatic rings. The van der Waals surface area contributed by atoms with E-state index in [9.17, 15) is 0 Å². The van der Waals surface area contributed by atoms with Crippen LogP contribution < -0.4 is 0 Å². The second kappa shape index (κ2) is 7.48. The molecule has 0 fully saturated rings. The van der Waals surface area contributed by atoms with Crippen molar-refractivity contribution < 1.29 is 0 Å². The van der Waals surface area contributed by atoms with Gasteiger partial charge in [-0.2, -0.15) is 0 Å². The summed E-state index contributed by atoms with van der Waals surface area (Å²) >= 11 is 6.94. The minimum Gasteiger partial charge on any atom is -0.208 e. The average Bonchev–Trinajstić information content (AvgIpc) is 2.69. The molecular formula is C21H13Br2N3. The van der Waals surface area contributed by atoms with E-state index >= 15 is 0 Å². The van der Waals surface area contributed by atoms with E-state index in [0.717, 1.165) is 25.6 Å². The van der Waals surface area contributed by atoms with Crippen molar-refractivity contribution in [3.05, 3.63) is 87.8 Å². The minimum atomic E-state index is 0.657. The van der Waals surface area contributed by atoms with Gasteiger partial charge in [0.2, 0.25) is 0 Å². The number of hydrogen-bond acceptors (Lipinski definition) is 3. The quantitative estimate of drug-likeness (QED) is 0.350. The largest absolute Gasteiger partial charge is 0.208 e. The maximum absolute atomic E-state index is 4.71. The van der Waals surface area contributed by atoms with Crippen molar-refractivity contribution in [1.29, 1.82) is 0 Å². The zero-order valence-corrected chi connectivity index (χ0v) is 16.8. The van der Waals surface area contributed by atoms with E-state index in [1.807, 2.05) is 78.9 Å². The molecule has 0 bridgehead atoms. The molecule has 4 rings (SSSR count). The number of rotatable bonds is 3. The Morgan fingerprint density at radius 1 is 0.423 bits per heavy atom. The van der Waals surface area contributed by atoms with Gasteiger partial charge in [-0.25, -0.2) is 15.0 Å². The SMILES string of the molecule is Brc1ccc(-c2nc(-c3ccccc3)nc(-c3ccc(Br)cc3)n2)cc1. The van der Waals surface area contributed by atoms with Crippen LogP contribution >= 0.6 is 31.9 Å². The molecule has 0 amide bonds. The summed E-state index contributed by atoms with van der Waals surface area (Å²) in [6.07, 6.45) is 0. The molecule has 3 nitrogen and oxygen atoms in total. The molecule has 0 spiro atoms. The zero-order chi connectivity index (χ0) is 17.9. The first-order valence-corrected chi connectivity index (χ1v) is 9.61. The molecule has 0 aliphatic rings. The lowest BCUT2D eigenvalue weighted by atomic mass is 10.1. The summed E-state index contributed by atoms with van der Waals surface area (Å²) in [4.78, 5) is 14.1. The fraction of sp³-hybridized carbons (Fsp3) is 0. The van der Waals surface area contributed by atoms with Crippen LogP contribution in [-0.2, 0) is 0 Å². The summed E-state index contributed by atoms with van der Waals surface area (Å²) in [6.45, 7) is 0. The topological polar surface area (TPSA) is 38.7 Å². The molecule has 0 unspecified atom stereocenters. The molecule has 1 aromatic heterocycles. The standard InChI is InChI=1S/C21H13Br2N3/c22-17-10-6-15(7-11-17)20-24-19(14-4-2-1-3-5-14)25-21(26-20)16-8-12-18(23)13-9-16/h1-13H. The van der Waals surface area contributed by atoms with Gasteiger partial charge in [0.05, 0.1) is 0 Å². The Labute approximate surface area is 168 Å². The first kappa shape index (κ1) is 17.1. The monoisotopic (exact) mass is 465 g/mol. The molecule has 0 aliphatic heterocycles. The Morgan fingerprint density at radius 2 is 0.769 bits per heavy atom. The summed E-state index contributed by atoms with van der Waals surface area (Å²) in [5.41, 5.74) is 2.86. The van der Waals surface area contributed by atoms with Gasteiger partial charge in [-0.15, -0.1) is 0 Å². The molecular weight excluding hydrogens is 454 g/mol. The van der Waals surface area contributed by atoms with Crippen LogP contribution in [-0.4, -0.2) is 15.0 Å². The van der Waals surface area contributed by atoms with Gasteiger partial charge in [-0.1, -0.05) is 86.5 Å². The lowest BCUT2D eigenvalue weighted by molar-refractivity contribution is 1.07. The van der Waals surface area contributed by atoms with Crippen LogP contribution in [0, 0.1) is 0 Å². The lowest BCUT2D eigenvalue weighted by Crippen LogP contribution is -2.00. The Morgan fingerprint density at radius 3 is 1.15 bits per heavy atom. The van der Waals surface area contributed by atoms with Gasteiger partial charge in [0.15, 0.2) is 17.5 Å². The third-order valence-corrected chi connectivity index (χ3v) is 4.93. The molecule has 0 saturated carbocycles. The molecule has 26 heavy (non-hydrogen) atoms. The molecule has 0 saturated heterocycles. The van der Waals surface area contributed by atoms with Crippen molar-refractivity contribution in [2.45, 2.75) is 0 Å². The molecule has 1 heterocycles. The van der Waals surface area contributed by atoms with Crippen molar-refractivity contribution in [3.63, 3.8) is 0 Å². The van der Waals surface area contributed by atoms with Gasteiger partial charge in [-0.05, 0) is 24.3 Å². The first-order valence-electron chi connectivity index (χ1n) is 8.02. The van der Waals surface area contributed by atoms with Crippen molar-refractivity contribution in [1.82, 2.24) is 15.0 Å². The van der Waals surface area contributed by atoms with Crippen molar-refractivity contribution in [2.75, 3.05) is 0 Å². The molecule has 0 atom stereocenters. The van der Waals surface area contributed by atoms with E-state index in [4.69, 9.17) is 15.0 Å². The Kier molecular flexibility index (Phi) is 4.91. The van der Waals surface area contributed by atoms with Gasteiger partial charge in [0.1, 0.15) is 0 Å². The van der Waals surface area contributed by atoms with E-state index in [-0.39, 0.29) is 0 Å². The highest BCUT2D eigenvalue weighted by Crippen LogP contribution is 2.26. The van der Waals surface area contributed by atoms with Crippen LogP contribution in [0.2, 0.25) is 0 Å². The van der Waals surface area contributed by atoms with Crippen molar-refractivity contribution in [3.8, 4) is 34.2 Å². The van der Waals surface area contributed by atoms with Gasteiger partial charge >= 0.3 is 0 Å². The van der Waals surface area contributed by atoms with Gasteiger partial charge in [-0.3, -0.25) is 0 Å². The van der Waals surface area contributed by atoms with Crippen LogP contribution in [0.4, 0.5) is 0 Å². The number of halogens is 2. The Bertz CT molecular complexity index is 967. The highest BCUT2D eigenvalue weighted by atomic mass is 79.9. The second-order valence-electron chi connectivity index (χ2n) is 5.69. The van der Waals surface area contributed by atoms with Crippen molar-refractivity contribution in [2.24, 2.45) is 0 Å². The van der Waals surface area contributed by atoms with E-state index < -0.39 is 0 Å². The number of hydrogen-bond donors (Lipinski definition) is 0. The first-order chi connectivity index (χ1) is 12.7. The highest BCUT2D eigenvalue weighted by molar-refractivity contribution is 9.10. The fourth-order valence-corrected chi connectivity index (χ4v) is 3.08. The fourth-order valence-electron chi connectivity index (χ4n) is 2.55. The van der Waals surface area contributed by atoms with E-state index in [2.05, 4.69) is 31.9 Å². The van der Waals surface area contributed by atoms with Crippen LogP contribution in [0.25, 0.3) is 34.2 Å². The van der Waals surface area contributed by atoms with E-state index in [0.29, 0.717) is 17.5 Å². The molecule has 0 N–H and O–H groups in total. The minimum absolute atomic E-state index is 0.657. The smallest absolute Gasteiger partial charge is 0.164 e. The van der Waals surface area contributed by atoms with E-state index in [1.54, 1.807) is 0 Å². The number of benzene rings is 3.